The van der Waals surface area contributed by atoms with Crippen LogP contribution in [0.3, 0.4) is 0 Å². The molecule has 0 saturated carbocycles. The number of carbonyl (C=O) groups excluding carboxylic acids is 1. The average molecular weight is 445 g/mol. The van der Waals surface area contributed by atoms with Crippen molar-refractivity contribution in [2.75, 3.05) is 27.2 Å². The van der Waals surface area contributed by atoms with Crippen LogP contribution in [0.2, 0.25) is 0 Å². The zero-order chi connectivity index (χ0) is 22.1. The first-order valence-corrected chi connectivity index (χ1v) is 10.6. The van der Waals surface area contributed by atoms with E-state index in [4.69, 9.17) is 4.42 Å². The minimum absolute atomic E-state index is 0.00233. The van der Waals surface area contributed by atoms with E-state index >= 15 is 0 Å². The number of carbonyl (C=O) groups is 1. The van der Waals surface area contributed by atoms with E-state index in [-0.39, 0.29) is 24.1 Å². The van der Waals surface area contributed by atoms with Gasteiger partial charge in [0.1, 0.15) is 5.76 Å². The number of alkyl halides is 3. The van der Waals surface area contributed by atoms with E-state index in [1.807, 2.05) is 0 Å². The Bertz CT molecular complexity index is 1000. The molecule has 0 aliphatic carbocycles. The van der Waals surface area contributed by atoms with Crippen LogP contribution in [-0.2, 0) is 16.4 Å². The molecule has 0 radical (unpaired) electrons. The number of hydrogen-bond acceptors (Lipinski definition) is 4. The molecule has 1 aromatic heterocycles. The molecule has 1 saturated heterocycles. The van der Waals surface area contributed by atoms with E-state index in [0.29, 0.717) is 24.9 Å². The minimum Gasteiger partial charge on any atom is -0.451 e. The number of nitrogens with zero attached hydrogens (tertiary/aromatic N) is 2. The fourth-order valence-electron chi connectivity index (χ4n) is 3.20. The molecule has 1 aliphatic heterocycles. The fraction of sp³-hybridized carbons (Fsp3) is 0.421. The second-order valence-corrected chi connectivity index (χ2v) is 9.34. The van der Waals surface area contributed by atoms with Gasteiger partial charge in [-0.15, -0.1) is 0 Å². The van der Waals surface area contributed by atoms with Gasteiger partial charge in [-0.05, 0) is 37.1 Å². The molecule has 1 fully saturated rings. The molecule has 1 aromatic carbocycles. The summed E-state index contributed by atoms with van der Waals surface area (Å²) in [5.74, 6) is -0.255. The van der Waals surface area contributed by atoms with Crippen molar-refractivity contribution in [1.82, 2.24) is 13.9 Å². The Morgan fingerprint density at radius 2 is 1.83 bits per heavy atom. The van der Waals surface area contributed by atoms with Crippen LogP contribution in [0.15, 0.2) is 40.8 Å². The van der Waals surface area contributed by atoms with Crippen molar-refractivity contribution in [2.45, 2.75) is 25.1 Å². The molecule has 1 atom stereocenters. The number of benzene rings is 1. The largest absolute Gasteiger partial charge is 0.451 e. The van der Waals surface area contributed by atoms with Gasteiger partial charge in [0.25, 0.3) is 16.1 Å². The van der Waals surface area contributed by atoms with Crippen molar-refractivity contribution in [2.24, 2.45) is 0 Å². The molecular weight excluding hydrogens is 423 g/mol. The zero-order valence-corrected chi connectivity index (χ0v) is 17.3. The standard InChI is InChI=1S/C19H22F3N3O4S/c1-24(2)30(27,28)25-11-3-4-15(12-25)23-18(26)17-10-9-16(29-17)13-5-7-14(8-6-13)19(20,21)22/h5-10,15H,3-4,11-12H2,1-2H3,(H,23,26)/t15-/m1/s1. The Morgan fingerprint density at radius 1 is 1.17 bits per heavy atom. The first-order valence-electron chi connectivity index (χ1n) is 9.24. The van der Waals surface area contributed by atoms with E-state index in [1.54, 1.807) is 0 Å². The first-order chi connectivity index (χ1) is 14.0. The van der Waals surface area contributed by atoms with Gasteiger partial charge in [-0.3, -0.25) is 4.79 Å². The first kappa shape index (κ1) is 22.3. The van der Waals surface area contributed by atoms with Gasteiger partial charge in [0.05, 0.1) is 5.56 Å². The van der Waals surface area contributed by atoms with Crippen molar-refractivity contribution in [3.63, 3.8) is 0 Å². The third-order valence-corrected chi connectivity index (χ3v) is 6.74. The molecule has 11 heteroatoms. The lowest BCUT2D eigenvalue weighted by Crippen LogP contribution is -2.52. The van der Waals surface area contributed by atoms with Gasteiger partial charge in [0.15, 0.2) is 5.76 Å². The van der Waals surface area contributed by atoms with E-state index in [9.17, 15) is 26.4 Å². The Kier molecular flexibility index (Phi) is 6.25. The lowest BCUT2D eigenvalue weighted by Gasteiger charge is -2.33. The lowest BCUT2D eigenvalue weighted by molar-refractivity contribution is -0.137. The zero-order valence-electron chi connectivity index (χ0n) is 16.4. The molecule has 0 unspecified atom stereocenters. The molecule has 1 aliphatic rings. The summed E-state index contributed by atoms with van der Waals surface area (Å²) in [4.78, 5) is 12.5. The molecule has 0 spiro atoms. The summed E-state index contributed by atoms with van der Waals surface area (Å²) >= 11 is 0. The van der Waals surface area contributed by atoms with Crippen LogP contribution in [-0.4, -0.2) is 56.2 Å². The van der Waals surface area contributed by atoms with Crippen LogP contribution in [0.4, 0.5) is 13.2 Å². The number of piperidine rings is 1. The summed E-state index contributed by atoms with van der Waals surface area (Å²) < 4.78 is 70.5. The number of nitrogens with one attached hydrogen (secondary N) is 1. The van der Waals surface area contributed by atoms with Crippen LogP contribution in [0, 0.1) is 0 Å². The molecule has 164 valence electrons. The van der Waals surface area contributed by atoms with Crippen LogP contribution in [0.25, 0.3) is 11.3 Å². The highest BCUT2D eigenvalue weighted by molar-refractivity contribution is 7.86. The van der Waals surface area contributed by atoms with Gasteiger partial charge >= 0.3 is 6.18 Å². The Balaban J connectivity index is 1.67. The number of furan rings is 1. The maximum Gasteiger partial charge on any atom is 0.416 e. The highest BCUT2D eigenvalue weighted by atomic mass is 32.2. The maximum atomic E-state index is 12.7. The summed E-state index contributed by atoms with van der Waals surface area (Å²) in [5.41, 5.74) is -0.367. The summed E-state index contributed by atoms with van der Waals surface area (Å²) in [6.07, 6.45) is -3.20. The van der Waals surface area contributed by atoms with Crippen molar-refractivity contribution >= 4 is 16.1 Å². The molecular formula is C19H22F3N3O4S. The predicted octanol–water partition coefficient (Wildman–Crippen LogP) is 2.97. The summed E-state index contributed by atoms with van der Waals surface area (Å²) in [6, 6.07) is 6.99. The second-order valence-electron chi connectivity index (χ2n) is 7.20. The van der Waals surface area contributed by atoms with Gasteiger partial charge in [0, 0.05) is 38.8 Å². The summed E-state index contributed by atoms with van der Waals surface area (Å²) in [6.45, 7) is 0.532. The monoisotopic (exact) mass is 445 g/mol. The van der Waals surface area contributed by atoms with Gasteiger partial charge < -0.3 is 9.73 Å². The van der Waals surface area contributed by atoms with Gasteiger partial charge in [0.2, 0.25) is 0 Å². The number of hydrogen-bond donors (Lipinski definition) is 1. The molecule has 1 amide bonds. The average Bonchev–Trinajstić information content (AvgIpc) is 3.18. The molecule has 7 nitrogen and oxygen atoms in total. The summed E-state index contributed by atoms with van der Waals surface area (Å²) in [7, 11) is -0.672. The van der Waals surface area contributed by atoms with Gasteiger partial charge in [-0.25, -0.2) is 0 Å². The molecule has 30 heavy (non-hydrogen) atoms. The predicted molar refractivity (Wildman–Crippen MR) is 104 cm³/mol. The Morgan fingerprint density at radius 3 is 2.43 bits per heavy atom. The summed E-state index contributed by atoms with van der Waals surface area (Å²) in [5, 5.41) is 2.76. The van der Waals surface area contributed by atoms with E-state index in [0.717, 1.165) is 16.4 Å². The Labute approximate surface area is 172 Å². The third kappa shape index (κ3) is 4.85. The topological polar surface area (TPSA) is 82.9 Å². The van der Waals surface area contributed by atoms with Crippen LogP contribution in [0.5, 0.6) is 0 Å². The van der Waals surface area contributed by atoms with Crippen molar-refractivity contribution < 1.29 is 30.8 Å². The second kappa shape index (κ2) is 8.40. The Hall–Kier alpha value is -2.37. The van der Waals surface area contributed by atoms with Crippen LogP contribution < -0.4 is 5.32 Å². The fourth-order valence-corrected chi connectivity index (χ4v) is 4.39. The van der Waals surface area contributed by atoms with E-state index in [2.05, 4.69) is 5.32 Å². The SMILES string of the molecule is CN(C)S(=O)(=O)N1CCC[C@@H](NC(=O)c2ccc(-c3ccc(C(F)(F)F)cc3)o2)C1. The van der Waals surface area contributed by atoms with Gasteiger partial charge in [-0.2, -0.15) is 30.2 Å². The number of rotatable bonds is 5. The number of halogens is 3. The van der Waals surface area contributed by atoms with Crippen molar-refractivity contribution in [3.8, 4) is 11.3 Å². The van der Waals surface area contributed by atoms with Crippen LogP contribution in [0.1, 0.15) is 29.0 Å². The van der Waals surface area contributed by atoms with Crippen LogP contribution >= 0.6 is 0 Å². The quantitative estimate of drug-likeness (QED) is 0.767. The smallest absolute Gasteiger partial charge is 0.416 e. The molecule has 0 bridgehead atoms. The normalized spacial score (nSPS) is 18.5. The minimum atomic E-state index is -4.43. The third-order valence-electron chi connectivity index (χ3n) is 4.83. The molecule has 1 N–H and O–H groups in total. The highest BCUT2D eigenvalue weighted by Gasteiger charge is 2.32. The lowest BCUT2D eigenvalue weighted by atomic mass is 10.1. The van der Waals surface area contributed by atoms with Crippen molar-refractivity contribution in [3.05, 3.63) is 47.7 Å². The molecule has 2 heterocycles. The van der Waals surface area contributed by atoms with E-state index in [1.165, 1.54) is 42.7 Å². The van der Waals surface area contributed by atoms with Gasteiger partial charge in [-0.1, -0.05) is 12.1 Å². The highest BCUT2D eigenvalue weighted by Crippen LogP contribution is 2.31. The van der Waals surface area contributed by atoms with Crippen molar-refractivity contribution in [1.29, 1.82) is 0 Å². The van der Waals surface area contributed by atoms with E-state index < -0.39 is 27.9 Å². The number of amides is 1. The molecule has 2 aromatic rings. The maximum absolute atomic E-state index is 12.7. The molecule has 3 rings (SSSR count).